The zero-order valence-electron chi connectivity index (χ0n) is 24.0. The topological polar surface area (TPSA) is 103 Å². The van der Waals surface area contributed by atoms with Crippen molar-refractivity contribution in [1.82, 2.24) is 19.3 Å². The molecule has 3 aromatic carbocycles. The third-order valence-corrected chi connectivity index (χ3v) is 8.42. The molecule has 0 atom stereocenters. The molecule has 0 unspecified atom stereocenters. The molecular weight excluding hydrogens is 548 g/mol. The molecule has 5 rings (SSSR count). The molecule has 0 radical (unpaired) electrons. The number of aryl methyl sites for hydroxylation is 5. The second-order valence-electron chi connectivity index (χ2n) is 10.4. The minimum absolute atomic E-state index is 0.00766. The van der Waals surface area contributed by atoms with Gasteiger partial charge in [-0.3, -0.25) is 9.55 Å². The fourth-order valence-corrected chi connectivity index (χ4v) is 5.86. The minimum atomic E-state index is -3.99. The monoisotopic (exact) mass is 582 g/mol. The average Bonchev–Trinajstić information content (AvgIpc) is 3.32. The van der Waals surface area contributed by atoms with Gasteiger partial charge in [0.15, 0.2) is 0 Å². The molecule has 0 aliphatic heterocycles. The Labute approximate surface area is 246 Å². The van der Waals surface area contributed by atoms with Crippen molar-refractivity contribution in [3.05, 3.63) is 119 Å². The van der Waals surface area contributed by atoms with Crippen LogP contribution in [0.1, 0.15) is 40.3 Å². The number of aromatic nitrogens is 3. The first-order valence-corrected chi connectivity index (χ1v) is 15.4. The zero-order valence-corrected chi connectivity index (χ0v) is 24.8. The van der Waals surface area contributed by atoms with E-state index in [1.54, 1.807) is 12.1 Å². The largest absolute Gasteiger partial charge is 0.448 e. The summed E-state index contributed by atoms with van der Waals surface area (Å²) < 4.78 is 34.2. The highest BCUT2D eigenvalue weighted by Crippen LogP contribution is 2.26. The molecule has 2 aromatic heterocycles. The normalized spacial score (nSPS) is 11.5. The number of nitrogens with zero attached hydrogens (tertiary/aromatic N) is 3. The second kappa shape index (κ2) is 12.6. The van der Waals surface area contributed by atoms with Gasteiger partial charge in [-0.1, -0.05) is 60.2 Å². The Morgan fingerprint density at radius 3 is 2.24 bits per heavy atom. The van der Waals surface area contributed by atoms with E-state index < -0.39 is 16.1 Å². The smallest absolute Gasteiger partial charge is 0.421 e. The number of sulfonamides is 1. The van der Waals surface area contributed by atoms with Crippen LogP contribution in [0.25, 0.3) is 16.7 Å². The average molecular weight is 583 g/mol. The van der Waals surface area contributed by atoms with Crippen LogP contribution in [-0.4, -0.2) is 35.7 Å². The maximum absolute atomic E-state index is 12.4. The number of ether oxygens (including phenoxy) is 1. The van der Waals surface area contributed by atoms with Crippen LogP contribution in [0.5, 0.6) is 0 Å². The van der Waals surface area contributed by atoms with Gasteiger partial charge in [-0.25, -0.2) is 22.9 Å². The Bertz CT molecular complexity index is 1800. The molecule has 42 heavy (non-hydrogen) atoms. The summed E-state index contributed by atoms with van der Waals surface area (Å²) >= 11 is 0. The van der Waals surface area contributed by atoms with Crippen molar-refractivity contribution >= 4 is 27.1 Å². The molecule has 0 saturated carbocycles. The fraction of sp³-hybridized carbons (Fsp3) is 0.242. The highest BCUT2D eigenvalue weighted by molar-refractivity contribution is 7.90. The molecule has 0 aliphatic carbocycles. The molecule has 0 aliphatic rings. The number of carbonyl (C=O) groups excluding carboxylic acids is 1. The summed E-state index contributed by atoms with van der Waals surface area (Å²) in [5, 5.41) is 0. The first-order valence-electron chi connectivity index (χ1n) is 13.9. The summed E-state index contributed by atoms with van der Waals surface area (Å²) in [6.45, 7) is 5.88. The Morgan fingerprint density at radius 2 is 1.52 bits per heavy atom. The number of fused-ring (bicyclic) bond motifs is 1. The SMILES string of the molecule is Cc1ccc(S(=O)(=O)NC(=O)OCCc2ccc(-n3c(CCCc4ccccc4)nc4c(C)nc(C)cc43)cc2)cc1. The Hall–Kier alpha value is -4.50. The number of hydrogen-bond donors (Lipinski definition) is 1. The lowest BCUT2D eigenvalue weighted by molar-refractivity contribution is 0.154. The maximum atomic E-state index is 12.4. The summed E-state index contributed by atoms with van der Waals surface area (Å²) in [4.78, 5) is 21.8. The molecule has 1 N–H and O–H groups in total. The van der Waals surface area contributed by atoms with Gasteiger partial charge in [0.25, 0.3) is 10.0 Å². The van der Waals surface area contributed by atoms with Crippen LogP contribution in [0.2, 0.25) is 0 Å². The van der Waals surface area contributed by atoms with Crippen molar-refractivity contribution in [1.29, 1.82) is 0 Å². The van der Waals surface area contributed by atoms with Crippen LogP contribution in [0.15, 0.2) is 89.8 Å². The molecule has 216 valence electrons. The highest BCUT2D eigenvalue weighted by atomic mass is 32.2. The molecule has 5 aromatic rings. The van der Waals surface area contributed by atoms with Gasteiger partial charge in [0.1, 0.15) is 11.3 Å². The molecule has 0 bridgehead atoms. The lowest BCUT2D eigenvalue weighted by atomic mass is 10.1. The number of hydrogen-bond acceptors (Lipinski definition) is 6. The number of carbonyl (C=O) groups is 1. The quantitative estimate of drug-likeness (QED) is 0.211. The van der Waals surface area contributed by atoms with E-state index in [9.17, 15) is 13.2 Å². The fourth-order valence-electron chi connectivity index (χ4n) is 4.97. The van der Waals surface area contributed by atoms with E-state index in [-0.39, 0.29) is 11.5 Å². The van der Waals surface area contributed by atoms with Crippen LogP contribution in [0, 0.1) is 20.8 Å². The summed E-state index contributed by atoms with van der Waals surface area (Å²) in [6.07, 6.45) is 2.19. The predicted molar refractivity (Wildman–Crippen MR) is 163 cm³/mol. The van der Waals surface area contributed by atoms with Crippen LogP contribution in [-0.2, 0) is 34.0 Å². The molecule has 1 amide bonds. The van der Waals surface area contributed by atoms with E-state index >= 15 is 0 Å². The van der Waals surface area contributed by atoms with Crippen LogP contribution in [0.4, 0.5) is 4.79 Å². The van der Waals surface area contributed by atoms with Crippen LogP contribution < -0.4 is 4.72 Å². The van der Waals surface area contributed by atoms with Gasteiger partial charge in [0.05, 0.1) is 22.7 Å². The molecule has 8 nitrogen and oxygen atoms in total. The molecule has 2 heterocycles. The highest BCUT2D eigenvalue weighted by Gasteiger charge is 2.19. The van der Waals surface area contributed by atoms with Gasteiger partial charge >= 0.3 is 6.09 Å². The third-order valence-electron chi connectivity index (χ3n) is 7.09. The lowest BCUT2D eigenvalue weighted by Gasteiger charge is -2.12. The number of imidazole rings is 1. The Kier molecular flexibility index (Phi) is 8.68. The Balaban J connectivity index is 1.26. The van der Waals surface area contributed by atoms with Crippen molar-refractivity contribution in [2.75, 3.05) is 6.61 Å². The van der Waals surface area contributed by atoms with Gasteiger partial charge in [0, 0.05) is 24.2 Å². The van der Waals surface area contributed by atoms with E-state index in [4.69, 9.17) is 9.72 Å². The first kappa shape index (κ1) is 29.0. The van der Waals surface area contributed by atoms with Crippen molar-refractivity contribution in [2.24, 2.45) is 0 Å². The lowest BCUT2D eigenvalue weighted by Crippen LogP contribution is -2.31. The van der Waals surface area contributed by atoms with Gasteiger partial charge in [-0.15, -0.1) is 0 Å². The summed E-state index contributed by atoms with van der Waals surface area (Å²) in [6, 6.07) is 26.8. The standard InChI is InChI=1S/C33H34N4O4S/c1-23-12-18-29(19-13-23)42(39,40)36-33(38)41-21-20-27-14-16-28(17-15-27)37-30-22-24(2)34-25(3)32(30)35-31(37)11-7-10-26-8-5-4-6-9-26/h4-6,8-9,12-19,22H,7,10-11,20-21H2,1-3H3,(H,36,38). The number of amides is 1. The van der Waals surface area contributed by atoms with Crippen molar-refractivity contribution < 1.29 is 17.9 Å². The molecular formula is C33H34N4O4S. The van der Waals surface area contributed by atoms with Gasteiger partial charge in [-0.05, 0) is 75.1 Å². The summed E-state index contributed by atoms with van der Waals surface area (Å²) in [5.41, 5.74) is 7.95. The van der Waals surface area contributed by atoms with Crippen LogP contribution >= 0.6 is 0 Å². The number of rotatable bonds is 10. The molecule has 9 heteroatoms. The van der Waals surface area contributed by atoms with E-state index in [0.717, 1.165) is 64.3 Å². The van der Waals surface area contributed by atoms with Crippen molar-refractivity contribution in [3.8, 4) is 5.69 Å². The van der Waals surface area contributed by atoms with Gasteiger partial charge in [0.2, 0.25) is 0 Å². The van der Waals surface area contributed by atoms with E-state index in [2.05, 4.69) is 39.9 Å². The number of pyridine rings is 1. The minimum Gasteiger partial charge on any atom is -0.448 e. The number of benzene rings is 3. The molecule has 0 saturated heterocycles. The Morgan fingerprint density at radius 1 is 0.833 bits per heavy atom. The van der Waals surface area contributed by atoms with E-state index in [0.29, 0.717) is 6.42 Å². The van der Waals surface area contributed by atoms with Gasteiger partial charge < -0.3 is 4.74 Å². The van der Waals surface area contributed by atoms with Gasteiger partial charge in [-0.2, -0.15) is 0 Å². The second-order valence-corrected chi connectivity index (χ2v) is 12.1. The zero-order chi connectivity index (χ0) is 29.7. The summed E-state index contributed by atoms with van der Waals surface area (Å²) in [7, 11) is -3.99. The summed E-state index contributed by atoms with van der Waals surface area (Å²) in [5.74, 6) is 0.985. The molecule has 0 spiro atoms. The molecule has 0 fully saturated rings. The van der Waals surface area contributed by atoms with Crippen molar-refractivity contribution in [2.45, 2.75) is 51.3 Å². The third kappa shape index (κ3) is 6.86. The first-order chi connectivity index (χ1) is 20.2. The predicted octanol–water partition coefficient (Wildman–Crippen LogP) is 6.18. The maximum Gasteiger partial charge on any atom is 0.421 e. The van der Waals surface area contributed by atoms with Crippen molar-refractivity contribution in [3.63, 3.8) is 0 Å². The van der Waals surface area contributed by atoms with E-state index in [1.165, 1.54) is 17.7 Å². The van der Waals surface area contributed by atoms with Crippen LogP contribution in [0.3, 0.4) is 0 Å². The number of nitrogens with one attached hydrogen (secondary N) is 1. The van der Waals surface area contributed by atoms with E-state index in [1.807, 2.05) is 55.8 Å².